The maximum absolute atomic E-state index is 12.6. The molecule has 0 aliphatic rings. The van der Waals surface area contributed by atoms with Crippen molar-refractivity contribution >= 4 is 17.5 Å². The number of aromatic nitrogens is 3. The largest absolute Gasteiger partial charge is 0.275 e. The first-order chi connectivity index (χ1) is 13.6. The molecular weight excluding hydrogens is 354 g/mol. The van der Waals surface area contributed by atoms with Gasteiger partial charge in [-0.15, -0.1) is 0 Å². The second-order valence-electron chi connectivity index (χ2n) is 6.21. The number of hydrogen-bond acceptors (Lipinski definition) is 4. The summed E-state index contributed by atoms with van der Waals surface area (Å²) in [4.78, 5) is 29.1. The molecule has 2 aromatic heterocycles. The van der Waals surface area contributed by atoms with E-state index in [9.17, 15) is 9.59 Å². The van der Waals surface area contributed by atoms with Crippen molar-refractivity contribution in [1.29, 1.82) is 0 Å². The van der Waals surface area contributed by atoms with Crippen molar-refractivity contribution < 1.29 is 9.59 Å². The summed E-state index contributed by atoms with van der Waals surface area (Å²) in [6.07, 6.45) is 3.06. The first-order valence-electron chi connectivity index (χ1n) is 8.69. The number of amides is 2. The van der Waals surface area contributed by atoms with Crippen LogP contribution in [0.3, 0.4) is 0 Å². The van der Waals surface area contributed by atoms with Crippen molar-refractivity contribution in [2.45, 2.75) is 6.92 Å². The zero-order valence-electron chi connectivity index (χ0n) is 15.1. The lowest BCUT2D eigenvalue weighted by atomic mass is 10.1. The summed E-state index contributed by atoms with van der Waals surface area (Å²) in [5, 5.41) is 4.30. The number of carbonyl (C=O) groups excluding carboxylic acids is 2. The number of aryl methyl sites for hydroxylation is 1. The summed E-state index contributed by atoms with van der Waals surface area (Å²) in [7, 11) is 0. The third-order valence-corrected chi connectivity index (χ3v) is 4.39. The lowest BCUT2D eigenvalue weighted by Crippen LogP contribution is -2.41. The van der Waals surface area contributed by atoms with Crippen LogP contribution < -0.4 is 10.9 Å². The molecular formula is C21H17N5O2. The van der Waals surface area contributed by atoms with Gasteiger partial charge in [0.1, 0.15) is 5.56 Å². The van der Waals surface area contributed by atoms with Gasteiger partial charge in [-0.05, 0) is 24.6 Å². The summed E-state index contributed by atoms with van der Waals surface area (Å²) >= 11 is 0. The topological polar surface area (TPSA) is 88.4 Å². The number of fused-ring (bicyclic) bond motifs is 1. The van der Waals surface area contributed by atoms with Crippen LogP contribution in [-0.2, 0) is 0 Å². The van der Waals surface area contributed by atoms with Gasteiger partial charge >= 0.3 is 0 Å². The second-order valence-corrected chi connectivity index (χ2v) is 6.21. The van der Waals surface area contributed by atoms with Gasteiger partial charge in [-0.3, -0.25) is 20.4 Å². The standard InChI is InChI=1S/C21H17N5O2/c1-14-7-5-6-10-16(14)20(27)24-25-21(28)17-13-23-26-18(11-12-22-19(17)26)15-8-3-2-4-9-15/h2-13H,1H3,(H,24,27)(H,25,28). The fourth-order valence-corrected chi connectivity index (χ4v) is 2.96. The van der Waals surface area contributed by atoms with Crippen LogP contribution in [0.5, 0.6) is 0 Å². The molecule has 0 saturated carbocycles. The summed E-state index contributed by atoms with van der Waals surface area (Å²) in [5.74, 6) is -0.879. The highest BCUT2D eigenvalue weighted by Gasteiger charge is 2.17. The molecule has 2 N–H and O–H groups in total. The van der Waals surface area contributed by atoms with E-state index < -0.39 is 5.91 Å². The van der Waals surface area contributed by atoms with Crippen LogP contribution in [0.25, 0.3) is 16.9 Å². The van der Waals surface area contributed by atoms with Crippen LogP contribution in [0, 0.1) is 6.92 Å². The predicted molar refractivity (Wildman–Crippen MR) is 105 cm³/mol. The Bertz CT molecular complexity index is 1170. The Balaban J connectivity index is 1.57. The highest BCUT2D eigenvalue weighted by Crippen LogP contribution is 2.20. The highest BCUT2D eigenvalue weighted by molar-refractivity contribution is 6.02. The van der Waals surface area contributed by atoms with E-state index in [1.54, 1.807) is 22.8 Å². The van der Waals surface area contributed by atoms with E-state index in [0.717, 1.165) is 16.8 Å². The van der Waals surface area contributed by atoms with Crippen LogP contribution in [0.1, 0.15) is 26.3 Å². The normalized spacial score (nSPS) is 10.6. The molecule has 0 unspecified atom stereocenters. The summed E-state index contributed by atoms with van der Waals surface area (Å²) in [6, 6.07) is 18.7. The van der Waals surface area contributed by atoms with Crippen molar-refractivity contribution in [2.24, 2.45) is 0 Å². The molecule has 0 radical (unpaired) electrons. The Morgan fingerprint density at radius 2 is 1.54 bits per heavy atom. The molecule has 0 saturated heterocycles. The van der Waals surface area contributed by atoms with Crippen LogP contribution >= 0.6 is 0 Å². The SMILES string of the molecule is Cc1ccccc1C(=O)NNC(=O)c1cnn2c(-c3ccccc3)ccnc12. The molecule has 0 fully saturated rings. The molecule has 0 aliphatic heterocycles. The van der Waals surface area contributed by atoms with Crippen molar-refractivity contribution in [2.75, 3.05) is 0 Å². The molecule has 2 heterocycles. The number of benzene rings is 2. The van der Waals surface area contributed by atoms with Crippen molar-refractivity contribution in [3.8, 4) is 11.3 Å². The maximum atomic E-state index is 12.6. The van der Waals surface area contributed by atoms with Crippen LogP contribution in [0.4, 0.5) is 0 Å². The van der Waals surface area contributed by atoms with Gasteiger partial charge in [-0.1, -0.05) is 48.5 Å². The molecule has 4 aromatic rings. The van der Waals surface area contributed by atoms with Crippen LogP contribution in [0.15, 0.2) is 73.1 Å². The Morgan fingerprint density at radius 1 is 0.857 bits per heavy atom. The lowest BCUT2D eigenvalue weighted by Gasteiger charge is -2.08. The lowest BCUT2D eigenvalue weighted by molar-refractivity contribution is 0.0847. The number of carbonyl (C=O) groups is 2. The Morgan fingerprint density at radius 3 is 2.29 bits per heavy atom. The third kappa shape index (κ3) is 3.21. The van der Waals surface area contributed by atoms with E-state index in [4.69, 9.17) is 0 Å². The fraction of sp³-hybridized carbons (Fsp3) is 0.0476. The molecule has 0 atom stereocenters. The van der Waals surface area contributed by atoms with E-state index in [-0.39, 0.29) is 11.5 Å². The minimum atomic E-state index is -0.491. The van der Waals surface area contributed by atoms with Gasteiger partial charge in [0, 0.05) is 17.3 Å². The van der Waals surface area contributed by atoms with Gasteiger partial charge in [-0.2, -0.15) is 5.10 Å². The average molecular weight is 371 g/mol. The third-order valence-electron chi connectivity index (χ3n) is 4.39. The molecule has 7 heteroatoms. The molecule has 4 rings (SSSR count). The fourth-order valence-electron chi connectivity index (χ4n) is 2.96. The first kappa shape index (κ1) is 17.4. The number of nitrogens with one attached hydrogen (secondary N) is 2. The Labute approximate surface area is 161 Å². The second kappa shape index (κ2) is 7.32. The summed E-state index contributed by atoms with van der Waals surface area (Å²) in [5.41, 5.74) is 8.62. The monoisotopic (exact) mass is 371 g/mol. The van der Waals surface area contributed by atoms with E-state index in [1.165, 1.54) is 6.20 Å². The minimum Gasteiger partial charge on any atom is -0.267 e. The summed E-state index contributed by atoms with van der Waals surface area (Å²) in [6.45, 7) is 1.83. The zero-order chi connectivity index (χ0) is 19.5. The first-order valence-corrected chi connectivity index (χ1v) is 8.69. The number of hydrogen-bond donors (Lipinski definition) is 2. The van der Waals surface area contributed by atoms with Gasteiger partial charge in [0.15, 0.2) is 5.65 Å². The Hall–Kier alpha value is -4.00. The van der Waals surface area contributed by atoms with Crippen LogP contribution in [-0.4, -0.2) is 26.4 Å². The minimum absolute atomic E-state index is 0.267. The van der Waals surface area contributed by atoms with E-state index in [0.29, 0.717) is 11.2 Å². The number of rotatable bonds is 3. The number of nitrogens with zero attached hydrogens (tertiary/aromatic N) is 3. The van der Waals surface area contributed by atoms with E-state index in [1.807, 2.05) is 55.5 Å². The number of hydrazine groups is 1. The molecule has 0 spiro atoms. The molecule has 2 amide bonds. The summed E-state index contributed by atoms with van der Waals surface area (Å²) < 4.78 is 1.60. The Kier molecular flexibility index (Phi) is 4.55. The average Bonchev–Trinajstić information content (AvgIpc) is 3.17. The van der Waals surface area contributed by atoms with E-state index in [2.05, 4.69) is 20.9 Å². The van der Waals surface area contributed by atoms with Gasteiger partial charge in [-0.25, -0.2) is 9.50 Å². The van der Waals surface area contributed by atoms with Crippen molar-refractivity contribution in [3.05, 3.63) is 89.7 Å². The molecule has 138 valence electrons. The van der Waals surface area contributed by atoms with Gasteiger partial charge < -0.3 is 0 Å². The highest BCUT2D eigenvalue weighted by atomic mass is 16.2. The smallest absolute Gasteiger partial charge is 0.267 e. The quantitative estimate of drug-likeness (QED) is 0.542. The van der Waals surface area contributed by atoms with Gasteiger partial charge in [0.05, 0.1) is 11.9 Å². The van der Waals surface area contributed by atoms with Crippen molar-refractivity contribution in [3.63, 3.8) is 0 Å². The molecule has 2 aromatic carbocycles. The molecule has 28 heavy (non-hydrogen) atoms. The molecule has 0 bridgehead atoms. The van der Waals surface area contributed by atoms with Crippen LogP contribution in [0.2, 0.25) is 0 Å². The van der Waals surface area contributed by atoms with Crippen molar-refractivity contribution in [1.82, 2.24) is 25.4 Å². The van der Waals surface area contributed by atoms with Gasteiger partial charge in [0.25, 0.3) is 11.8 Å². The molecule has 0 aliphatic carbocycles. The van der Waals surface area contributed by atoms with Gasteiger partial charge in [0.2, 0.25) is 0 Å². The molecule has 7 nitrogen and oxygen atoms in total. The predicted octanol–water partition coefficient (Wildman–Crippen LogP) is 2.78. The zero-order valence-corrected chi connectivity index (χ0v) is 15.1. The maximum Gasteiger partial charge on any atom is 0.275 e. The van der Waals surface area contributed by atoms with E-state index >= 15 is 0 Å².